The van der Waals surface area contributed by atoms with E-state index in [2.05, 4.69) is 20.8 Å². The molecule has 1 rings (SSSR count). The van der Waals surface area contributed by atoms with Gasteiger partial charge in [-0.15, -0.1) is 0 Å². The molecule has 0 aromatic heterocycles. The van der Waals surface area contributed by atoms with Gasteiger partial charge in [-0.1, -0.05) is 26.3 Å². The Morgan fingerprint density at radius 2 is 1.50 bits per heavy atom. The fourth-order valence-corrected chi connectivity index (χ4v) is 2.76. The van der Waals surface area contributed by atoms with Crippen molar-refractivity contribution in [2.75, 3.05) is 0 Å². The van der Waals surface area contributed by atoms with Crippen molar-refractivity contribution >= 4 is 11.6 Å². The van der Waals surface area contributed by atoms with Gasteiger partial charge in [-0.25, -0.2) is 0 Å². The maximum atomic E-state index is 12.0. The van der Waals surface area contributed by atoms with Crippen molar-refractivity contribution in [1.29, 1.82) is 0 Å². The van der Waals surface area contributed by atoms with Gasteiger partial charge in [0.25, 0.3) is 0 Å². The summed E-state index contributed by atoms with van der Waals surface area (Å²) in [6.45, 7) is 10.5. The SMILES string of the molecule is CC(C)=CC(=O)C(=O)C1CCC(C(C)(C)C)CC1. The van der Waals surface area contributed by atoms with E-state index in [-0.39, 0.29) is 17.5 Å². The van der Waals surface area contributed by atoms with E-state index in [4.69, 9.17) is 0 Å². The lowest BCUT2D eigenvalue weighted by atomic mass is 9.69. The summed E-state index contributed by atoms with van der Waals surface area (Å²) in [6, 6.07) is 0. The first-order valence-electron chi connectivity index (χ1n) is 6.95. The van der Waals surface area contributed by atoms with Crippen LogP contribution in [-0.4, -0.2) is 11.6 Å². The molecule has 1 aliphatic rings. The summed E-state index contributed by atoms with van der Waals surface area (Å²) in [5.41, 5.74) is 1.22. The van der Waals surface area contributed by atoms with Gasteiger partial charge >= 0.3 is 0 Å². The predicted octanol–water partition coefficient (Wildman–Crippen LogP) is 3.94. The Hall–Kier alpha value is -0.920. The van der Waals surface area contributed by atoms with E-state index in [1.807, 2.05) is 13.8 Å². The zero-order chi connectivity index (χ0) is 13.9. The maximum absolute atomic E-state index is 12.0. The number of allylic oxidation sites excluding steroid dienone is 2. The zero-order valence-electron chi connectivity index (χ0n) is 12.4. The topological polar surface area (TPSA) is 34.1 Å². The molecule has 0 saturated heterocycles. The highest BCUT2D eigenvalue weighted by molar-refractivity contribution is 6.42. The normalized spacial score (nSPS) is 24.5. The first-order valence-corrected chi connectivity index (χ1v) is 6.95. The average Bonchev–Trinajstić information content (AvgIpc) is 2.26. The van der Waals surface area contributed by atoms with E-state index < -0.39 is 0 Å². The fourth-order valence-electron chi connectivity index (χ4n) is 2.76. The van der Waals surface area contributed by atoms with Crippen molar-refractivity contribution in [3.63, 3.8) is 0 Å². The highest BCUT2D eigenvalue weighted by Gasteiger charge is 2.33. The van der Waals surface area contributed by atoms with Crippen LogP contribution in [0.15, 0.2) is 11.6 Å². The lowest BCUT2D eigenvalue weighted by Gasteiger charge is -2.36. The second-order valence-electron chi connectivity index (χ2n) is 6.86. The number of hydrogen-bond acceptors (Lipinski definition) is 2. The molecule has 2 heteroatoms. The molecule has 0 unspecified atom stereocenters. The summed E-state index contributed by atoms with van der Waals surface area (Å²) < 4.78 is 0. The Bertz CT molecular complexity index is 346. The Balaban J connectivity index is 2.56. The summed E-state index contributed by atoms with van der Waals surface area (Å²) in [7, 11) is 0. The van der Waals surface area contributed by atoms with Gasteiger partial charge in [0.15, 0.2) is 0 Å². The van der Waals surface area contributed by atoms with Crippen molar-refractivity contribution in [3.8, 4) is 0 Å². The Labute approximate surface area is 111 Å². The number of carbonyl (C=O) groups excluding carboxylic acids is 2. The van der Waals surface area contributed by atoms with Crippen LogP contribution in [0.3, 0.4) is 0 Å². The fraction of sp³-hybridized carbons (Fsp3) is 0.750. The number of ketones is 2. The zero-order valence-corrected chi connectivity index (χ0v) is 12.4. The number of rotatable bonds is 3. The van der Waals surface area contributed by atoms with Gasteiger partial charge < -0.3 is 0 Å². The van der Waals surface area contributed by atoms with Crippen LogP contribution in [0, 0.1) is 17.3 Å². The van der Waals surface area contributed by atoms with Gasteiger partial charge in [-0.05, 0) is 56.9 Å². The largest absolute Gasteiger partial charge is 0.290 e. The molecule has 0 radical (unpaired) electrons. The molecule has 0 atom stereocenters. The summed E-state index contributed by atoms with van der Waals surface area (Å²) in [5.74, 6) is 0.157. The lowest BCUT2D eigenvalue weighted by Crippen LogP contribution is -2.31. The van der Waals surface area contributed by atoms with E-state index in [1.165, 1.54) is 6.08 Å². The van der Waals surface area contributed by atoms with Gasteiger partial charge in [-0.2, -0.15) is 0 Å². The van der Waals surface area contributed by atoms with Crippen LogP contribution in [0.4, 0.5) is 0 Å². The van der Waals surface area contributed by atoms with E-state index >= 15 is 0 Å². The monoisotopic (exact) mass is 250 g/mol. The van der Waals surface area contributed by atoms with Gasteiger partial charge in [0.05, 0.1) is 0 Å². The molecule has 0 amide bonds. The molecule has 102 valence electrons. The highest BCUT2D eigenvalue weighted by atomic mass is 16.2. The minimum Gasteiger partial charge on any atom is -0.290 e. The van der Waals surface area contributed by atoms with Crippen LogP contribution >= 0.6 is 0 Å². The molecular weight excluding hydrogens is 224 g/mol. The molecule has 0 aromatic carbocycles. The minimum atomic E-state index is -0.311. The van der Waals surface area contributed by atoms with E-state index in [0.717, 1.165) is 31.3 Å². The number of hydrogen-bond donors (Lipinski definition) is 0. The third-order valence-corrected chi connectivity index (χ3v) is 3.99. The van der Waals surface area contributed by atoms with Gasteiger partial charge in [0.2, 0.25) is 11.6 Å². The van der Waals surface area contributed by atoms with Crippen LogP contribution in [0.5, 0.6) is 0 Å². The van der Waals surface area contributed by atoms with Crippen LogP contribution in [0.2, 0.25) is 0 Å². The standard InChI is InChI=1S/C16H26O2/c1-11(2)10-14(17)15(18)12-6-8-13(9-7-12)16(3,4)5/h10,12-13H,6-9H2,1-5H3. The third kappa shape index (κ3) is 4.08. The van der Waals surface area contributed by atoms with Gasteiger partial charge in [0, 0.05) is 5.92 Å². The van der Waals surface area contributed by atoms with Crippen molar-refractivity contribution < 1.29 is 9.59 Å². The summed E-state index contributed by atoms with van der Waals surface area (Å²) >= 11 is 0. The first kappa shape index (κ1) is 15.1. The Kier molecular flexibility index (Phi) is 4.89. The van der Waals surface area contributed by atoms with Crippen LogP contribution in [0.25, 0.3) is 0 Å². The van der Waals surface area contributed by atoms with Crippen LogP contribution in [-0.2, 0) is 9.59 Å². The van der Waals surface area contributed by atoms with E-state index in [1.54, 1.807) is 0 Å². The molecule has 1 aliphatic carbocycles. The van der Waals surface area contributed by atoms with Crippen molar-refractivity contribution in [2.24, 2.45) is 17.3 Å². The van der Waals surface area contributed by atoms with Crippen molar-refractivity contribution in [1.82, 2.24) is 0 Å². The molecule has 18 heavy (non-hydrogen) atoms. The molecule has 0 aliphatic heterocycles. The average molecular weight is 250 g/mol. The molecule has 0 heterocycles. The Morgan fingerprint density at radius 3 is 1.89 bits per heavy atom. The summed E-state index contributed by atoms with van der Waals surface area (Å²) in [4.78, 5) is 23.7. The predicted molar refractivity (Wildman–Crippen MR) is 74.3 cm³/mol. The maximum Gasteiger partial charge on any atom is 0.221 e. The molecule has 1 fully saturated rings. The quantitative estimate of drug-likeness (QED) is 0.561. The van der Waals surface area contributed by atoms with E-state index in [9.17, 15) is 9.59 Å². The summed E-state index contributed by atoms with van der Waals surface area (Å²) in [6.07, 6.45) is 5.37. The van der Waals surface area contributed by atoms with Crippen molar-refractivity contribution in [2.45, 2.75) is 60.3 Å². The molecule has 0 bridgehead atoms. The first-order chi connectivity index (χ1) is 8.21. The molecular formula is C16H26O2. The molecule has 2 nitrogen and oxygen atoms in total. The lowest BCUT2D eigenvalue weighted by molar-refractivity contribution is -0.137. The molecule has 0 N–H and O–H groups in total. The smallest absolute Gasteiger partial charge is 0.221 e. The second kappa shape index (κ2) is 5.81. The second-order valence-corrected chi connectivity index (χ2v) is 6.86. The summed E-state index contributed by atoms with van der Waals surface area (Å²) in [5, 5.41) is 0. The molecule has 0 spiro atoms. The van der Waals surface area contributed by atoms with Crippen molar-refractivity contribution in [3.05, 3.63) is 11.6 Å². The number of Topliss-reactive ketones (excluding diaryl/α,β-unsaturated/α-hetero) is 1. The minimum absolute atomic E-state index is 0.0355. The van der Waals surface area contributed by atoms with Gasteiger partial charge in [0.1, 0.15) is 0 Å². The molecule has 1 saturated carbocycles. The third-order valence-electron chi connectivity index (χ3n) is 3.99. The van der Waals surface area contributed by atoms with E-state index in [0.29, 0.717) is 11.3 Å². The Morgan fingerprint density at radius 1 is 1.00 bits per heavy atom. The number of carbonyl (C=O) groups is 2. The van der Waals surface area contributed by atoms with Crippen LogP contribution in [0.1, 0.15) is 60.3 Å². The molecule has 0 aromatic rings. The highest BCUT2D eigenvalue weighted by Crippen LogP contribution is 2.40. The van der Waals surface area contributed by atoms with Crippen LogP contribution < -0.4 is 0 Å². The van der Waals surface area contributed by atoms with Gasteiger partial charge in [-0.3, -0.25) is 9.59 Å².